The molecule has 0 radical (unpaired) electrons. The maximum atomic E-state index is 11.1. The standard InChI is InChI=1S/C19H16N6O2/c20-11-13-3-1-2-4-14(13)15-5-6-16-17(23-15)18(22-12-21-16)24-7-9-25(10-8-24)19(26)27/h1-6,12H,7-10H2,(H,26,27). The number of hydrogen-bond acceptors (Lipinski definition) is 6. The number of hydrogen-bond donors (Lipinski definition) is 1. The summed E-state index contributed by atoms with van der Waals surface area (Å²) in [6.45, 7) is 1.91. The zero-order chi connectivity index (χ0) is 18.8. The Kier molecular flexibility index (Phi) is 4.26. The molecule has 27 heavy (non-hydrogen) atoms. The fourth-order valence-corrected chi connectivity index (χ4v) is 3.22. The Morgan fingerprint density at radius 3 is 2.59 bits per heavy atom. The van der Waals surface area contributed by atoms with Crippen LogP contribution in [0.2, 0.25) is 0 Å². The van der Waals surface area contributed by atoms with Gasteiger partial charge in [0.25, 0.3) is 0 Å². The lowest BCUT2D eigenvalue weighted by atomic mass is 10.0. The number of fused-ring (bicyclic) bond motifs is 1. The predicted octanol–water partition coefficient (Wildman–Crippen LogP) is 2.36. The second-order valence-corrected chi connectivity index (χ2v) is 6.18. The molecule has 3 aromatic rings. The average Bonchev–Trinajstić information content (AvgIpc) is 2.73. The molecule has 1 aromatic carbocycles. The van der Waals surface area contributed by atoms with E-state index in [0.717, 1.165) is 5.56 Å². The Morgan fingerprint density at radius 2 is 1.85 bits per heavy atom. The number of anilines is 1. The van der Waals surface area contributed by atoms with Gasteiger partial charge < -0.3 is 14.9 Å². The van der Waals surface area contributed by atoms with E-state index in [-0.39, 0.29) is 0 Å². The van der Waals surface area contributed by atoms with Gasteiger partial charge in [0, 0.05) is 31.7 Å². The summed E-state index contributed by atoms with van der Waals surface area (Å²) in [7, 11) is 0. The number of benzene rings is 1. The number of rotatable bonds is 2. The topological polar surface area (TPSA) is 106 Å². The Bertz CT molecular complexity index is 1050. The number of amides is 1. The quantitative estimate of drug-likeness (QED) is 0.747. The number of piperazine rings is 1. The van der Waals surface area contributed by atoms with Gasteiger partial charge in [0.15, 0.2) is 5.82 Å². The highest BCUT2D eigenvalue weighted by Gasteiger charge is 2.23. The smallest absolute Gasteiger partial charge is 0.407 e. The van der Waals surface area contributed by atoms with Gasteiger partial charge in [0.05, 0.1) is 22.8 Å². The van der Waals surface area contributed by atoms with Crippen LogP contribution in [0.15, 0.2) is 42.7 Å². The van der Waals surface area contributed by atoms with Crippen LogP contribution in [0.3, 0.4) is 0 Å². The van der Waals surface area contributed by atoms with Crippen molar-refractivity contribution in [1.29, 1.82) is 5.26 Å². The molecule has 1 amide bonds. The van der Waals surface area contributed by atoms with E-state index in [1.165, 1.54) is 11.2 Å². The van der Waals surface area contributed by atoms with E-state index >= 15 is 0 Å². The molecule has 4 rings (SSSR count). The highest BCUT2D eigenvalue weighted by atomic mass is 16.4. The molecule has 1 aliphatic heterocycles. The maximum Gasteiger partial charge on any atom is 0.407 e. The molecule has 1 N–H and O–H groups in total. The van der Waals surface area contributed by atoms with Crippen LogP contribution in [-0.4, -0.2) is 57.2 Å². The minimum absolute atomic E-state index is 0.414. The van der Waals surface area contributed by atoms with Gasteiger partial charge in [-0.1, -0.05) is 18.2 Å². The van der Waals surface area contributed by atoms with Crippen LogP contribution in [0.4, 0.5) is 10.6 Å². The summed E-state index contributed by atoms with van der Waals surface area (Å²) in [5.41, 5.74) is 3.34. The first-order chi connectivity index (χ1) is 13.2. The number of pyridine rings is 1. The third kappa shape index (κ3) is 3.11. The first kappa shape index (κ1) is 16.7. The highest BCUT2D eigenvalue weighted by molar-refractivity contribution is 5.88. The Morgan fingerprint density at radius 1 is 1.07 bits per heavy atom. The summed E-state index contributed by atoms with van der Waals surface area (Å²) in [6, 6.07) is 13.2. The van der Waals surface area contributed by atoms with Crippen molar-refractivity contribution in [2.24, 2.45) is 0 Å². The van der Waals surface area contributed by atoms with Gasteiger partial charge in [-0.25, -0.2) is 19.7 Å². The molecule has 0 atom stereocenters. The van der Waals surface area contributed by atoms with Gasteiger partial charge in [0.2, 0.25) is 0 Å². The van der Waals surface area contributed by atoms with Crippen molar-refractivity contribution in [3.8, 4) is 17.3 Å². The normalized spacial score (nSPS) is 14.2. The van der Waals surface area contributed by atoms with Crippen molar-refractivity contribution in [3.05, 3.63) is 48.3 Å². The Labute approximate surface area is 155 Å². The molecular weight excluding hydrogens is 344 g/mol. The minimum atomic E-state index is -0.907. The fraction of sp³-hybridized carbons (Fsp3) is 0.211. The highest BCUT2D eigenvalue weighted by Crippen LogP contribution is 2.27. The lowest BCUT2D eigenvalue weighted by Crippen LogP contribution is -2.48. The monoisotopic (exact) mass is 360 g/mol. The van der Waals surface area contributed by atoms with Gasteiger partial charge in [-0.2, -0.15) is 5.26 Å². The summed E-state index contributed by atoms with van der Waals surface area (Å²) >= 11 is 0. The molecule has 134 valence electrons. The van der Waals surface area contributed by atoms with Crippen molar-refractivity contribution in [3.63, 3.8) is 0 Å². The van der Waals surface area contributed by atoms with Gasteiger partial charge in [-0.3, -0.25) is 0 Å². The van der Waals surface area contributed by atoms with Crippen LogP contribution in [-0.2, 0) is 0 Å². The molecule has 3 heterocycles. The van der Waals surface area contributed by atoms with E-state index in [4.69, 9.17) is 10.1 Å². The molecule has 0 bridgehead atoms. The van der Waals surface area contributed by atoms with Crippen molar-refractivity contribution in [2.75, 3.05) is 31.1 Å². The maximum absolute atomic E-state index is 11.1. The average molecular weight is 360 g/mol. The van der Waals surface area contributed by atoms with Gasteiger partial charge in [-0.15, -0.1) is 0 Å². The first-order valence-electron chi connectivity index (χ1n) is 8.51. The van der Waals surface area contributed by atoms with Crippen molar-refractivity contribution in [1.82, 2.24) is 19.9 Å². The van der Waals surface area contributed by atoms with E-state index in [1.54, 1.807) is 6.07 Å². The van der Waals surface area contributed by atoms with E-state index in [1.807, 2.05) is 35.2 Å². The molecule has 0 unspecified atom stereocenters. The molecule has 0 aliphatic carbocycles. The number of carbonyl (C=O) groups is 1. The lowest BCUT2D eigenvalue weighted by Gasteiger charge is -2.34. The molecule has 0 spiro atoms. The Hall–Kier alpha value is -3.73. The number of carboxylic acid groups (broad SMARTS) is 1. The molecule has 2 aromatic heterocycles. The summed E-state index contributed by atoms with van der Waals surface area (Å²) in [4.78, 5) is 28.0. The van der Waals surface area contributed by atoms with E-state index in [2.05, 4.69) is 16.0 Å². The minimum Gasteiger partial charge on any atom is -0.465 e. The molecule has 1 fully saturated rings. The van der Waals surface area contributed by atoms with Crippen LogP contribution in [0.25, 0.3) is 22.3 Å². The van der Waals surface area contributed by atoms with Crippen LogP contribution in [0.5, 0.6) is 0 Å². The zero-order valence-electron chi connectivity index (χ0n) is 14.4. The summed E-state index contributed by atoms with van der Waals surface area (Å²) < 4.78 is 0. The Balaban J connectivity index is 1.75. The first-order valence-corrected chi connectivity index (χ1v) is 8.51. The predicted molar refractivity (Wildman–Crippen MR) is 99.3 cm³/mol. The molecule has 1 saturated heterocycles. The van der Waals surface area contributed by atoms with Crippen molar-refractivity contribution >= 4 is 22.9 Å². The van der Waals surface area contributed by atoms with E-state index in [9.17, 15) is 10.1 Å². The molecule has 1 aliphatic rings. The van der Waals surface area contributed by atoms with Gasteiger partial charge >= 0.3 is 6.09 Å². The number of nitrogens with zero attached hydrogens (tertiary/aromatic N) is 6. The van der Waals surface area contributed by atoms with Crippen molar-refractivity contribution < 1.29 is 9.90 Å². The third-order valence-corrected chi connectivity index (χ3v) is 4.64. The van der Waals surface area contributed by atoms with E-state index < -0.39 is 6.09 Å². The lowest BCUT2D eigenvalue weighted by molar-refractivity contribution is 0.142. The van der Waals surface area contributed by atoms with Gasteiger partial charge in [-0.05, 0) is 18.2 Å². The van der Waals surface area contributed by atoms with Crippen LogP contribution in [0.1, 0.15) is 5.56 Å². The van der Waals surface area contributed by atoms with Crippen LogP contribution in [0, 0.1) is 11.3 Å². The number of aromatic nitrogens is 3. The molecular formula is C19H16N6O2. The fourth-order valence-electron chi connectivity index (χ4n) is 3.22. The summed E-state index contributed by atoms with van der Waals surface area (Å²) in [5, 5.41) is 18.5. The zero-order valence-corrected chi connectivity index (χ0v) is 14.4. The summed E-state index contributed by atoms with van der Waals surface area (Å²) in [5.74, 6) is 0.682. The van der Waals surface area contributed by atoms with Crippen molar-refractivity contribution in [2.45, 2.75) is 0 Å². The number of nitriles is 1. The van der Waals surface area contributed by atoms with Crippen LogP contribution < -0.4 is 4.90 Å². The second kappa shape index (κ2) is 6.88. The van der Waals surface area contributed by atoms with Gasteiger partial charge in [0.1, 0.15) is 11.8 Å². The second-order valence-electron chi connectivity index (χ2n) is 6.18. The van der Waals surface area contributed by atoms with E-state index in [0.29, 0.717) is 54.3 Å². The largest absolute Gasteiger partial charge is 0.465 e. The summed E-state index contributed by atoms with van der Waals surface area (Å²) in [6.07, 6.45) is 0.585. The molecule has 8 heteroatoms. The SMILES string of the molecule is N#Cc1ccccc1-c1ccc2ncnc(N3CCN(C(=O)O)CC3)c2n1. The molecule has 8 nitrogen and oxygen atoms in total. The van der Waals surface area contributed by atoms with Crippen LogP contribution >= 0.6 is 0 Å². The third-order valence-electron chi connectivity index (χ3n) is 4.64. The molecule has 0 saturated carbocycles.